The smallest absolute Gasteiger partial charge is 0.263 e. The lowest BCUT2D eigenvalue weighted by Gasteiger charge is -1.99. The van der Waals surface area contributed by atoms with Gasteiger partial charge in [0.25, 0.3) is 5.56 Å². The largest absolute Gasteiger partial charge is 0.286 e. The molecule has 1 aliphatic heterocycles. The Kier molecular flexibility index (Phi) is 1.87. The third-order valence-electron chi connectivity index (χ3n) is 2.13. The van der Waals surface area contributed by atoms with Gasteiger partial charge in [0, 0.05) is 12.3 Å². The minimum absolute atomic E-state index is 0.0400. The van der Waals surface area contributed by atoms with E-state index in [2.05, 4.69) is 4.98 Å². The predicted octanol–water partition coefficient (Wildman–Crippen LogP) is 2.22. The predicted molar refractivity (Wildman–Crippen MR) is 59.6 cm³/mol. The van der Waals surface area contributed by atoms with Gasteiger partial charge in [-0.05, 0) is 6.07 Å². The van der Waals surface area contributed by atoms with Crippen LogP contribution >= 0.6 is 34.7 Å². The van der Waals surface area contributed by atoms with Crippen LogP contribution in [0, 0.1) is 0 Å². The molecule has 3 nitrogen and oxygen atoms in total. The Bertz CT molecular complexity index is 574. The zero-order valence-corrected chi connectivity index (χ0v) is 9.38. The molecule has 1 aliphatic rings. The minimum Gasteiger partial charge on any atom is -0.286 e. The van der Waals surface area contributed by atoms with E-state index in [1.54, 1.807) is 22.4 Å². The highest BCUT2D eigenvalue weighted by molar-refractivity contribution is 7.99. The van der Waals surface area contributed by atoms with Crippen molar-refractivity contribution in [3.63, 3.8) is 0 Å². The minimum atomic E-state index is 0.0400. The Morgan fingerprint density at radius 2 is 2.43 bits per heavy atom. The zero-order valence-electron chi connectivity index (χ0n) is 6.99. The van der Waals surface area contributed by atoms with E-state index in [0.717, 1.165) is 22.3 Å². The normalized spacial score (nSPS) is 14.9. The second kappa shape index (κ2) is 2.98. The average Bonchev–Trinajstić information content (AvgIpc) is 2.71. The van der Waals surface area contributed by atoms with E-state index < -0.39 is 0 Å². The number of thiophene rings is 1. The highest BCUT2D eigenvalue weighted by atomic mass is 35.5. The molecule has 0 aromatic carbocycles. The summed E-state index contributed by atoms with van der Waals surface area (Å²) < 4.78 is 2.34. The number of fused-ring (bicyclic) bond motifs is 2. The van der Waals surface area contributed by atoms with Crippen LogP contribution in [-0.2, 0) is 6.54 Å². The molecule has 0 atom stereocenters. The summed E-state index contributed by atoms with van der Waals surface area (Å²) in [7, 11) is 0. The molecule has 0 saturated carbocycles. The molecule has 0 fully saturated rings. The van der Waals surface area contributed by atoms with Gasteiger partial charge in [-0.2, -0.15) is 0 Å². The van der Waals surface area contributed by atoms with Crippen molar-refractivity contribution in [1.82, 2.24) is 9.55 Å². The van der Waals surface area contributed by atoms with E-state index in [-0.39, 0.29) is 5.56 Å². The van der Waals surface area contributed by atoms with E-state index in [4.69, 9.17) is 11.6 Å². The first-order valence-electron chi connectivity index (χ1n) is 4.08. The van der Waals surface area contributed by atoms with Gasteiger partial charge in [-0.25, -0.2) is 4.98 Å². The van der Waals surface area contributed by atoms with Crippen molar-refractivity contribution >= 4 is 44.9 Å². The quantitative estimate of drug-likeness (QED) is 0.667. The van der Waals surface area contributed by atoms with E-state index in [0.29, 0.717) is 9.72 Å². The summed E-state index contributed by atoms with van der Waals surface area (Å²) >= 11 is 8.83. The molecular formula is C8H5ClN2OS2. The number of hydrogen-bond acceptors (Lipinski definition) is 4. The first-order valence-corrected chi connectivity index (χ1v) is 6.26. The fourth-order valence-electron chi connectivity index (χ4n) is 1.50. The topological polar surface area (TPSA) is 34.9 Å². The first kappa shape index (κ1) is 8.76. The summed E-state index contributed by atoms with van der Waals surface area (Å²) in [6.45, 7) is 0.759. The Morgan fingerprint density at radius 3 is 3.29 bits per heavy atom. The van der Waals surface area contributed by atoms with Gasteiger partial charge in [-0.15, -0.1) is 11.3 Å². The fourth-order valence-corrected chi connectivity index (χ4v) is 3.58. The van der Waals surface area contributed by atoms with Gasteiger partial charge in [-0.3, -0.25) is 9.36 Å². The van der Waals surface area contributed by atoms with Crippen LogP contribution in [0.3, 0.4) is 0 Å². The number of nitrogens with zero attached hydrogens (tertiary/aromatic N) is 2. The number of rotatable bonds is 0. The third-order valence-corrected chi connectivity index (χ3v) is 4.25. The van der Waals surface area contributed by atoms with Crippen LogP contribution in [-0.4, -0.2) is 15.3 Å². The van der Waals surface area contributed by atoms with Crippen LogP contribution in [0.4, 0.5) is 0 Å². The highest BCUT2D eigenvalue weighted by Crippen LogP contribution is 2.29. The van der Waals surface area contributed by atoms with Crippen LogP contribution in [0.5, 0.6) is 0 Å². The van der Waals surface area contributed by atoms with E-state index in [9.17, 15) is 4.79 Å². The SMILES string of the molecule is O=c1c2cc(Cl)sc2nc2n1CCS2. The van der Waals surface area contributed by atoms with Crippen molar-refractivity contribution < 1.29 is 0 Å². The lowest BCUT2D eigenvalue weighted by Crippen LogP contribution is -2.19. The van der Waals surface area contributed by atoms with Gasteiger partial charge in [0.1, 0.15) is 4.83 Å². The highest BCUT2D eigenvalue weighted by Gasteiger charge is 2.17. The van der Waals surface area contributed by atoms with Crippen molar-refractivity contribution in [2.24, 2.45) is 0 Å². The van der Waals surface area contributed by atoms with Crippen LogP contribution in [0.1, 0.15) is 0 Å². The third kappa shape index (κ3) is 1.12. The lowest BCUT2D eigenvalue weighted by atomic mass is 10.4. The van der Waals surface area contributed by atoms with Crippen molar-refractivity contribution in [2.45, 2.75) is 11.7 Å². The molecule has 0 bridgehead atoms. The number of halogens is 1. The molecule has 72 valence electrons. The fraction of sp³-hybridized carbons (Fsp3) is 0.250. The van der Waals surface area contributed by atoms with Crippen LogP contribution in [0.25, 0.3) is 10.2 Å². The lowest BCUT2D eigenvalue weighted by molar-refractivity contribution is 0.670. The Balaban J connectivity index is 2.49. The summed E-state index contributed by atoms with van der Waals surface area (Å²) in [5.74, 6) is 0.938. The maximum absolute atomic E-state index is 11.9. The molecular weight excluding hydrogens is 240 g/mol. The van der Waals surface area contributed by atoms with E-state index in [1.165, 1.54) is 11.3 Å². The van der Waals surface area contributed by atoms with Crippen LogP contribution < -0.4 is 5.56 Å². The molecule has 2 aromatic heterocycles. The molecule has 0 spiro atoms. The molecule has 0 radical (unpaired) electrons. The molecule has 6 heteroatoms. The van der Waals surface area contributed by atoms with Crippen molar-refractivity contribution in [1.29, 1.82) is 0 Å². The molecule has 0 unspecified atom stereocenters. The van der Waals surface area contributed by atoms with Crippen molar-refractivity contribution in [2.75, 3.05) is 5.75 Å². The molecule has 0 saturated heterocycles. The standard InChI is InChI=1S/C8H5ClN2OS2/c9-5-3-4-6(14-5)10-8-11(7(4)12)1-2-13-8/h3H,1-2H2. The Hall–Kier alpha value is -0.520. The number of thioether (sulfide) groups is 1. The van der Waals surface area contributed by atoms with Gasteiger partial charge >= 0.3 is 0 Å². The summed E-state index contributed by atoms with van der Waals surface area (Å²) in [6, 6.07) is 1.70. The van der Waals surface area contributed by atoms with Crippen LogP contribution in [0.2, 0.25) is 4.34 Å². The Morgan fingerprint density at radius 1 is 1.57 bits per heavy atom. The average molecular weight is 245 g/mol. The molecule has 0 N–H and O–H groups in total. The summed E-state index contributed by atoms with van der Waals surface area (Å²) in [6.07, 6.45) is 0. The number of hydrogen-bond donors (Lipinski definition) is 0. The first-order chi connectivity index (χ1) is 6.75. The van der Waals surface area contributed by atoms with E-state index >= 15 is 0 Å². The maximum atomic E-state index is 11.9. The molecule has 3 rings (SSSR count). The molecule has 0 amide bonds. The van der Waals surface area contributed by atoms with E-state index in [1.807, 2.05) is 0 Å². The van der Waals surface area contributed by atoms with Gasteiger partial charge in [0.2, 0.25) is 0 Å². The molecule has 3 heterocycles. The van der Waals surface area contributed by atoms with Gasteiger partial charge in [0.15, 0.2) is 5.16 Å². The summed E-state index contributed by atoms with van der Waals surface area (Å²) in [4.78, 5) is 17.0. The van der Waals surface area contributed by atoms with Gasteiger partial charge < -0.3 is 0 Å². The second-order valence-corrected chi connectivity index (χ2v) is 5.69. The maximum Gasteiger partial charge on any atom is 0.263 e. The monoisotopic (exact) mass is 244 g/mol. The Labute approximate surface area is 92.7 Å². The van der Waals surface area contributed by atoms with Gasteiger partial charge in [0.05, 0.1) is 9.72 Å². The molecule has 2 aromatic rings. The number of aromatic nitrogens is 2. The summed E-state index contributed by atoms with van der Waals surface area (Å²) in [5, 5.41) is 1.47. The molecule has 0 aliphatic carbocycles. The molecule has 14 heavy (non-hydrogen) atoms. The zero-order chi connectivity index (χ0) is 9.71. The van der Waals surface area contributed by atoms with Crippen LogP contribution in [0.15, 0.2) is 16.0 Å². The second-order valence-electron chi connectivity index (χ2n) is 2.97. The van der Waals surface area contributed by atoms with Gasteiger partial charge in [-0.1, -0.05) is 23.4 Å². The van der Waals surface area contributed by atoms with Crippen molar-refractivity contribution in [3.8, 4) is 0 Å². The summed E-state index contributed by atoms with van der Waals surface area (Å²) in [5.41, 5.74) is 0.0400. The van der Waals surface area contributed by atoms with Crippen molar-refractivity contribution in [3.05, 3.63) is 20.8 Å².